The Bertz CT molecular complexity index is 1590. The Balaban J connectivity index is 1.46. The highest BCUT2D eigenvalue weighted by Crippen LogP contribution is 2.29. The summed E-state index contributed by atoms with van der Waals surface area (Å²) in [5.74, 6) is 0.116. The number of nitrogens with zero attached hydrogens (tertiary/aromatic N) is 6. The van der Waals surface area contributed by atoms with Gasteiger partial charge in [0.15, 0.2) is 17.8 Å². The van der Waals surface area contributed by atoms with E-state index in [9.17, 15) is 27.9 Å². The highest BCUT2D eigenvalue weighted by Gasteiger charge is 2.39. The van der Waals surface area contributed by atoms with Gasteiger partial charge in [-0.05, 0) is 55.2 Å². The number of benzene rings is 2. The second-order valence-electron chi connectivity index (χ2n) is 9.33. The molecule has 2 aromatic carbocycles. The van der Waals surface area contributed by atoms with Crippen LogP contribution in [0.2, 0.25) is 10.0 Å². The predicted molar refractivity (Wildman–Crippen MR) is 140 cm³/mol. The molecular formula is C25H22Cl2F3N7O3. The fourth-order valence-corrected chi connectivity index (χ4v) is 4.38. The Kier molecular flexibility index (Phi) is 7.71. The van der Waals surface area contributed by atoms with Crippen molar-refractivity contribution >= 4 is 29.1 Å². The minimum atomic E-state index is -4.95. The van der Waals surface area contributed by atoms with Gasteiger partial charge < -0.3 is 10.4 Å². The van der Waals surface area contributed by atoms with Crippen LogP contribution in [0.4, 0.5) is 13.2 Å². The number of halogens is 5. The molecule has 10 nitrogen and oxygen atoms in total. The molecule has 0 spiro atoms. The second-order valence-corrected chi connectivity index (χ2v) is 10.2. The molecule has 1 amide bonds. The van der Waals surface area contributed by atoms with Crippen LogP contribution in [0.5, 0.6) is 0 Å². The molecule has 40 heavy (non-hydrogen) atoms. The summed E-state index contributed by atoms with van der Waals surface area (Å²) in [6, 6.07) is 10.8. The summed E-state index contributed by atoms with van der Waals surface area (Å²) in [5, 5.41) is 21.7. The molecule has 1 saturated carbocycles. The standard InChI is InChI=1S/C25H22Cl2F3N7O3/c26-16-8-6-15(7-9-16)22-34-36(24(40)35(22)11-19(38)25(28,29)30)12-20-32-13-37(33-20)21-17(2-1-3-18(21)27)23(39)31-10-14-4-5-14/h1-3,6-9,13-14,19,38H,4-5,10-12H2,(H,31,39)/t19-/m1/s1. The van der Waals surface area contributed by atoms with Gasteiger partial charge in [-0.15, -0.1) is 10.2 Å². The first-order valence-electron chi connectivity index (χ1n) is 12.2. The maximum absolute atomic E-state index is 13.1. The number of rotatable bonds is 9. The monoisotopic (exact) mass is 595 g/mol. The smallest absolute Gasteiger partial charge is 0.382 e. The molecular weight excluding hydrogens is 574 g/mol. The molecule has 1 aliphatic rings. The fourth-order valence-electron chi connectivity index (χ4n) is 3.99. The highest BCUT2D eigenvalue weighted by atomic mass is 35.5. The summed E-state index contributed by atoms with van der Waals surface area (Å²) in [6.45, 7) is -0.825. The molecule has 0 aliphatic heterocycles. The van der Waals surface area contributed by atoms with Crippen LogP contribution < -0.4 is 11.0 Å². The van der Waals surface area contributed by atoms with E-state index in [1.165, 1.54) is 35.3 Å². The third kappa shape index (κ3) is 6.06. The Morgan fingerprint density at radius 2 is 1.85 bits per heavy atom. The van der Waals surface area contributed by atoms with Crippen LogP contribution >= 0.6 is 23.2 Å². The molecule has 2 heterocycles. The van der Waals surface area contributed by atoms with Crippen LogP contribution in [0.15, 0.2) is 53.6 Å². The summed E-state index contributed by atoms with van der Waals surface area (Å²) in [6.07, 6.45) is -4.30. The molecule has 1 aliphatic carbocycles. The van der Waals surface area contributed by atoms with Gasteiger partial charge in [0.2, 0.25) is 0 Å². The van der Waals surface area contributed by atoms with Gasteiger partial charge in [0.1, 0.15) is 12.9 Å². The van der Waals surface area contributed by atoms with Crippen LogP contribution in [0.1, 0.15) is 29.0 Å². The molecule has 210 valence electrons. The summed E-state index contributed by atoms with van der Waals surface area (Å²) >= 11 is 12.3. The van der Waals surface area contributed by atoms with E-state index in [1.54, 1.807) is 18.2 Å². The maximum atomic E-state index is 13.1. The van der Waals surface area contributed by atoms with Crippen LogP contribution in [-0.4, -0.2) is 59.0 Å². The van der Waals surface area contributed by atoms with Crippen molar-refractivity contribution < 1.29 is 23.1 Å². The first-order valence-corrected chi connectivity index (χ1v) is 12.9. The Morgan fingerprint density at radius 3 is 2.52 bits per heavy atom. The second kappa shape index (κ2) is 11.1. The normalized spacial score (nSPS) is 14.3. The number of carbonyl (C=O) groups excluding carboxylic acids is 1. The van der Waals surface area contributed by atoms with Gasteiger partial charge in [0.05, 0.1) is 22.8 Å². The van der Waals surface area contributed by atoms with Crippen molar-refractivity contribution in [2.24, 2.45) is 5.92 Å². The zero-order valence-corrected chi connectivity index (χ0v) is 22.2. The van der Waals surface area contributed by atoms with Gasteiger partial charge in [0, 0.05) is 17.1 Å². The summed E-state index contributed by atoms with van der Waals surface area (Å²) in [5.41, 5.74) is -0.0463. The number of carbonyl (C=O) groups is 1. The van der Waals surface area contributed by atoms with E-state index in [-0.39, 0.29) is 40.4 Å². The van der Waals surface area contributed by atoms with Crippen molar-refractivity contribution in [2.75, 3.05) is 6.54 Å². The number of aliphatic hydroxyl groups is 1. The average molecular weight is 596 g/mol. The number of aromatic nitrogens is 6. The topological polar surface area (TPSA) is 120 Å². The van der Waals surface area contributed by atoms with E-state index in [1.807, 2.05) is 0 Å². The summed E-state index contributed by atoms with van der Waals surface area (Å²) in [7, 11) is 0. The molecule has 1 atom stereocenters. The molecule has 1 fully saturated rings. The van der Waals surface area contributed by atoms with Crippen LogP contribution in [0.3, 0.4) is 0 Å². The SMILES string of the molecule is O=C(NCC1CC1)c1cccc(Cl)c1-n1cnc(Cn2nc(-c3ccc(Cl)cc3)n(C[C@@H](O)C(F)(F)F)c2=O)n1. The van der Waals surface area contributed by atoms with E-state index in [0.29, 0.717) is 23.0 Å². The average Bonchev–Trinajstić information content (AvgIpc) is 3.56. The molecule has 2 aromatic heterocycles. The molecule has 4 aromatic rings. The largest absolute Gasteiger partial charge is 0.416 e. The van der Waals surface area contributed by atoms with Crippen molar-refractivity contribution in [1.29, 1.82) is 0 Å². The summed E-state index contributed by atoms with van der Waals surface area (Å²) in [4.78, 5) is 30.1. The lowest BCUT2D eigenvalue weighted by molar-refractivity contribution is -0.207. The van der Waals surface area contributed by atoms with Crippen molar-refractivity contribution in [3.8, 4) is 17.1 Å². The van der Waals surface area contributed by atoms with Crippen molar-refractivity contribution in [2.45, 2.75) is 38.2 Å². The molecule has 5 rings (SSSR count). The lowest BCUT2D eigenvalue weighted by Gasteiger charge is -2.15. The number of hydrogen-bond donors (Lipinski definition) is 2. The molecule has 0 unspecified atom stereocenters. The Morgan fingerprint density at radius 1 is 1.12 bits per heavy atom. The van der Waals surface area contributed by atoms with E-state index in [2.05, 4.69) is 20.5 Å². The Labute approximate surface area is 235 Å². The number of para-hydroxylation sites is 1. The van der Waals surface area contributed by atoms with Crippen LogP contribution in [0, 0.1) is 5.92 Å². The quantitative estimate of drug-likeness (QED) is 0.304. The van der Waals surface area contributed by atoms with Gasteiger partial charge in [-0.1, -0.05) is 29.3 Å². The maximum Gasteiger partial charge on any atom is 0.416 e. The number of hydrogen-bond acceptors (Lipinski definition) is 6. The zero-order valence-electron chi connectivity index (χ0n) is 20.6. The van der Waals surface area contributed by atoms with Crippen molar-refractivity contribution in [3.05, 3.63) is 80.7 Å². The van der Waals surface area contributed by atoms with Gasteiger partial charge in [0.25, 0.3) is 5.91 Å². The first-order chi connectivity index (χ1) is 19.0. The molecule has 15 heteroatoms. The van der Waals surface area contributed by atoms with Crippen LogP contribution in [-0.2, 0) is 13.1 Å². The number of aliphatic hydroxyl groups excluding tert-OH is 1. The highest BCUT2D eigenvalue weighted by molar-refractivity contribution is 6.33. The first kappa shape index (κ1) is 27.9. The minimum absolute atomic E-state index is 0.0787. The third-order valence-electron chi connectivity index (χ3n) is 6.30. The lowest BCUT2D eigenvalue weighted by Crippen LogP contribution is -2.37. The number of alkyl halides is 3. The minimum Gasteiger partial charge on any atom is -0.382 e. The molecule has 2 N–H and O–H groups in total. The molecule has 0 bridgehead atoms. The lowest BCUT2D eigenvalue weighted by atomic mass is 10.1. The van der Waals surface area contributed by atoms with Gasteiger partial charge in [-0.2, -0.15) is 13.2 Å². The van der Waals surface area contributed by atoms with Crippen molar-refractivity contribution in [3.63, 3.8) is 0 Å². The Hall–Kier alpha value is -3.68. The third-order valence-corrected chi connectivity index (χ3v) is 6.85. The van der Waals surface area contributed by atoms with Gasteiger partial charge in [-0.25, -0.2) is 19.1 Å². The van der Waals surface area contributed by atoms with Crippen LogP contribution in [0.25, 0.3) is 17.1 Å². The number of nitrogens with one attached hydrogen (secondary N) is 1. The van der Waals surface area contributed by atoms with E-state index in [4.69, 9.17) is 23.2 Å². The zero-order chi connectivity index (χ0) is 28.6. The van der Waals surface area contributed by atoms with Crippen molar-refractivity contribution in [1.82, 2.24) is 34.4 Å². The van der Waals surface area contributed by atoms with Gasteiger partial charge >= 0.3 is 11.9 Å². The van der Waals surface area contributed by atoms with E-state index in [0.717, 1.165) is 22.1 Å². The van der Waals surface area contributed by atoms with E-state index < -0.39 is 24.5 Å². The fraction of sp³-hybridized carbons (Fsp3) is 0.320. The van der Waals surface area contributed by atoms with E-state index >= 15 is 0 Å². The molecule has 0 radical (unpaired) electrons. The number of amides is 1. The molecule has 0 saturated heterocycles. The predicted octanol–water partition coefficient (Wildman–Crippen LogP) is 3.71. The van der Waals surface area contributed by atoms with Gasteiger partial charge in [-0.3, -0.25) is 9.36 Å². The summed E-state index contributed by atoms with van der Waals surface area (Å²) < 4.78 is 42.2.